The predicted molar refractivity (Wildman–Crippen MR) is 56.4 cm³/mol. The molecule has 1 atom stereocenters. The first-order chi connectivity index (χ1) is 5.97. The third-order valence-electron chi connectivity index (χ3n) is 1.95. The van der Waals surface area contributed by atoms with Crippen molar-refractivity contribution in [3.05, 3.63) is 22.5 Å². The summed E-state index contributed by atoms with van der Waals surface area (Å²) in [5.74, 6) is 3.02. The second-order valence-corrected chi connectivity index (χ2v) is 4.94. The Morgan fingerprint density at radius 1 is 1.50 bits per heavy atom. The van der Waals surface area contributed by atoms with E-state index in [9.17, 15) is 0 Å². The van der Waals surface area contributed by atoms with Crippen molar-refractivity contribution >= 4 is 23.5 Å². The van der Waals surface area contributed by atoms with Crippen molar-refractivity contribution in [1.29, 1.82) is 0 Å². The van der Waals surface area contributed by atoms with E-state index >= 15 is 0 Å². The molecule has 0 saturated carbocycles. The van der Waals surface area contributed by atoms with Gasteiger partial charge in [-0.15, -0.1) is 11.8 Å². The van der Waals surface area contributed by atoms with Gasteiger partial charge in [0, 0.05) is 17.4 Å². The van der Waals surface area contributed by atoms with Crippen LogP contribution in [0.3, 0.4) is 0 Å². The normalized spacial score (nSPS) is 34.3. The van der Waals surface area contributed by atoms with E-state index in [1.165, 1.54) is 10.7 Å². The average Bonchev–Trinajstić information content (AvgIpc) is 2.50. The van der Waals surface area contributed by atoms with E-state index in [1.54, 1.807) is 0 Å². The summed E-state index contributed by atoms with van der Waals surface area (Å²) in [6.07, 6.45) is 4.52. The van der Waals surface area contributed by atoms with E-state index in [2.05, 4.69) is 17.6 Å². The second-order valence-electron chi connectivity index (χ2n) is 2.81. The maximum Gasteiger partial charge on any atom is 0.0658 e. The summed E-state index contributed by atoms with van der Waals surface area (Å²) in [7, 11) is 0. The maximum absolute atomic E-state index is 5.42. The summed E-state index contributed by atoms with van der Waals surface area (Å²) in [5, 5.41) is 2.19. The van der Waals surface area contributed by atoms with Gasteiger partial charge in [0.05, 0.1) is 13.2 Å². The Labute approximate surface area is 81.6 Å². The fourth-order valence-electron chi connectivity index (χ4n) is 1.28. The molecular weight excluding hydrogens is 188 g/mol. The Morgan fingerprint density at radius 2 is 2.50 bits per heavy atom. The van der Waals surface area contributed by atoms with E-state index in [0.29, 0.717) is 5.92 Å². The third-order valence-corrected chi connectivity index (χ3v) is 4.04. The first-order valence-electron chi connectivity index (χ1n) is 4.16. The van der Waals surface area contributed by atoms with Crippen LogP contribution in [0.25, 0.3) is 0 Å². The number of allylic oxidation sites excluding steroid dienone is 2. The lowest BCUT2D eigenvalue weighted by Crippen LogP contribution is -1.98. The van der Waals surface area contributed by atoms with E-state index in [1.807, 2.05) is 23.5 Å². The van der Waals surface area contributed by atoms with Crippen LogP contribution in [0.4, 0.5) is 0 Å². The summed E-state index contributed by atoms with van der Waals surface area (Å²) in [6.45, 7) is 1.69. The Balaban J connectivity index is 2.02. The van der Waals surface area contributed by atoms with Crippen LogP contribution >= 0.6 is 23.5 Å². The van der Waals surface area contributed by atoms with Gasteiger partial charge in [-0.3, -0.25) is 0 Å². The molecule has 0 aromatic heterocycles. The molecule has 12 heavy (non-hydrogen) atoms. The lowest BCUT2D eigenvalue weighted by Gasteiger charge is -2.07. The van der Waals surface area contributed by atoms with Crippen LogP contribution in [-0.4, -0.2) is 24.7 Å². The molecule has 0 bridgehead atoms. The van der Waals surface area contributed by atoms with Crippen LogP contribution in [0.15, 0.2) is 22.5 Å². The van der Waals surface area contributed by atoms with Gasteiger partial charge in [0.2, 0.25) is 0 Å². The minimum absolute atomic E-state index is 0.668. The number of rotatable bonds is 0. The highest BCUT2D eigenvalue weighted by Crippen LogP contribution is 2.35. The van der Waals surface area contributed by atoms with Gasteiger partial charge in [0.25, 0.3) is 0 Å². The van der Waals surface area contributed by atoms with Gasteiger partial charge in [-0.25, -0.2) is 0 Å². The molecule has 0 aliphatic carbocycles. The van der Waals surface area contributed by atoms with Gasteiger partial charge in [0.1, 0.15) is 0 Å². The molecule has 0 spiro atoms. The molecule has 2 rings (SSSR count). The molecule has 0 aromatic carbocycles. The van der Waals surface area contributed by atoms with E-state index < -0.39 is 0 Å². The van der Waals surface area contributed by atoms with Gasteiger partial charge < -0.3 is 4.74 Å². The third kappa shape index (κ3) is 2.09. The topological polar surface area (TPSA) is 9.23 Å². The Bertz CT molecular complexity index is 211. The Hall–Kier alpha value is 0.140. The Kier molecular flexibility index (Phi) is 3.20. The zero-order valence-corrected chi connectivity index (χ0v) is 8.50. The highest BCUT2D eigenvalue weighted by molar-refractivity contribution is 8.06. The molecular formula is C9H12OS2. The largest absolute Gasteiger partial charge is 0.377 e. The van der Waals surface area contributed by atoms with Gasteiger partial charge in [-0.1, -0.05) is 6.08 Å². The highest BCUT2D eigenvalue weighted by Gasteiger charge is 2.16. The van der Waals surface area contributed by atoms with Crippen molar-refractivity contribution in [3.8, 4) is 0 Å². The lowest BCUT2D eigenvalue weighted by molar-refractivity contribution is 0.180. The molecule has 2 aliphatic heterocycles. The highest BCUT2D eigenvalue weighted by atomic mass is 32.2. The molecule has 0 amide bonds. The number of ether oxygens (including phenoxy) is 1. The van der Waals surface area contributed by atoms with Crippen LogP contribution in [-0.2, 0) is 4.74 Å². The molecule has 3 heteroatoms. The monoisotopic (exact) mass is 200 g/mol. The maximum atomic E-state index is 5.42. The van der Waals surface area contributed by atoms with Gasteiger partial charge in [-0.05, 0) is 16.4 Å². The molecule has 0 fully saturated rings. The van der Waals surface area contributed by atoms with E-state index in [4.69, 9.17) is 4.74 Å². The second kappa shape index (κ2) is 4.40. The van der Waals surface area contributed by atoms with Crippen molar-refractivity contribution < 1.29 is 4.74 Å². The summed E-state index contributed by atoms with van der Waals surface area (Å²) in [6, 6.07) is 0. The van der Waals surface area contributed by atoms with Gasteiger partial charge in [-0.2, -0.15) is 11.8 Å². The SMILES string of the molecule is C1=CC2CSCCOC/C=C/2S1. The smallest absolute Gasteiger partial charge is 0.0658 e. The van der Waals surface area contributed by atoms with Gasteiger partial charge in [0.15, 0.2) is 0 Å². The van der Waals surface area contributed by atoms with Crippen LogP contribution in [0.1, 0.15) is 0 Å². The fourth-order valence-corrected chi connectivity index (χ4v) is 3.26. The molecule has 1 unspecified atom stereocenters. The number of fused-ring (bicyclic) bond motifs is 1. The van der Waals surface area contributed by atoms with Crippen LogP contribution in [0.5, 0.6) is 0 Å². The van der Waals surface area contributed by atoms with Crippen molar-refractivity contribution in [3.63, 3.8) is 0 Å². The molecule has 2 aliphatic rings. The molecule has 0 radical (unpaired) electrons. The molecule has 66 valence electrons. The van der Waals surface area contributed by atoms with E-state index in [0.717, 1.165) is 19.0 Å². The molecule has 1 nitrogen and oxygen atoms in total. The standard InChI is InChI=1S/C9H12OS2/c1-3-10-4-6-11-7-8-2-5-12-9(1)8/h1-2,5,8H,3-4,6-7H2/b9-1-. The van der Waals surface area contributed by atoms with Crippen molar-refractivity contribution in [2.24, 2.45) is 5.92 Å². The van der Waals surface area contributed by atoms with Crippen molar-refractivity contribution in [2.45, 2.75) is 0 Å². The number of hydrogen-bond acceptors (Lipinski definition) is 3. The Morgan fingerprint density at radius 3 is 3.50 bits per heavy atom. The van der Waals surface area contributed by atoms with E-state index in [-0.39, 0.29) is 0 Å². The minimum Gasteiger partial charge on any atom is -0.377 e. The first kappa shape index (κ1) is 8.73. The average molecular weight is 200 g/mol. The quantitative estimate of drug-likeness (QED) is 0.594. The van der Waals surface area contributed by atoms with Crippen molar-refractivity contribution in [2.75, 3.05) is 24.7 Å². The van der Waals surface area contributed by atoms with Crippen LogP contribution in [0.2, 0.25) is 0 Å². The van der Waals surface area contributed by atoms with Crippen LogP contribution < -0.4 is 0 Å². The first-order valence-corrected chi connectivity index (χ1v) is 6.19. The summed E-state index contributed by atoms with van der Waals surface area (Å²) >= 11 is 3.83. The number of hydrogen-bond donors (Lipinski definition) is 0. The summed E-state index contributed by atoms with van der Waals surface area (Å²) in [4.78, 5) is 1.48. The number of thioether (sulfide) groups is 2. The van der Waals surface area contributed by atoms with Crippen LogP contribution in [0, 0.1) is 5.92 Å². The molecule has 0 saturated heterocycles. The zero-order valence-electron chi connectivity index (χ0n) is 6.86. The minimum atomic E-state index is 0.668. The molecule has 0 aromatic rings. The molecule has 0 N–H and O–H groups in total. The predicted octanol–water partition coefficient (Wildman–Crippen LogP) is 2.51. The fraction of sp³-hybridized carbons (Fsp3) is 0.556. The summed E-state index contributed by atoms with van der Waals surface area (Å²) in [5.41, 5.74) is 0. The lowest BCUT2D eigenvalue weighted by atomic mass is 10.1. The van der Waals surface area contributed by atoms with Gasteiger partial charge >= 0.3 is 0 Å². The summed E-state index contributed by atoms with van der Waals surface area (Å²) < 4.78 is 5.42. The zero-order chi connectivity index (χ0) is 8.23. The molecule has 2 heterocycles. The van der Waals surface area contributed by atoms with Crippen molar-refractivity contribution in [1.82, 2.24) is 0 Å².